The van der Waals surface area contributed by atoms with Gasteiger partial charge in [0.15, 0.2) is 0 Å². The van der Waals surface area contributed by atoms with Crippen LogP contribution in [0.3, 0.4) is 0 Å². The smallest absolute Gasteiger partial charge is 0.213 e. The molecule has 0 radical (unpaired) electrons. The summed E-state index contributed by atoms with van der Waals surface area (Å²) < 4.78 is 27.5. The van der Waals surface area contributed by atoms with Crippen LogP contribution >= 0.6 is 0 Å². The molecule has 0 amide bonds. The summed E-state index contributed by atoms with van der Waals surface area (Å²) in [6.07, 6.45) is 3.92. The molecule has 22 heavy (non-hydrogen) atoms. The van der Waals surface area contributed by atoms with Crippen molar-refractivity contribution >= 4 is 10.0 Å². The van der Waals surface area contributed by atoms with Gasteiger partial charge in [-0.25, -0.2) is 12.7 Å². The van der Waals surface area contributed by atoms with Crippen molar-refractivity contribution in [1.82, 2.24) is 19.0 Å². The Morgan fingerprint density at radius 1 is 1.32 bits per heavy atom. The maximum Gasteiger partial charge on any atom is 0.213 e. The Morgan fingerprint density at radius 2 is 1.95 bits per heavy atom. The van der Waals surface area contributed by atoms with Crippen LogP contribution in [0.5, 0.6) is 0 Å². The molecule has 6 nitrogen and oxygen atoms in total. The molecule has 1 fully saturated rings. The molecule has 0 bridgehead atoms. The Balaban J connectivity index is 1.91. The summed E-state index contributed by atoms with van der Waals surface area (Å²) in [4.78, 5) is 2.40. The highest BCUT2D eigenvalue weighted by Crippen LogP contribution is 2.20. The van der Waals surface area contributed by atoms with E-state index in [1.165, 1.54) is 5.56 Å². The lowest BCUT2D eigenvalue weighted by Crippen LogP contribution is -2.45. The summed E-state index contributed by atoms with van der Waals surface area (Å²) in [5, 5.41) is 4.48. The van der Waals surface area contributed by atoms with Crippen molar-refractivity contribution in [2.75, 3.05) is 25.9 Å². The third-order valence-corrected chi connectivity index (χ3v) is 6.55. The summed E-state index contributed by atoms with van der Waals surface area (Å²) >= 11 is 0. The Bertz CT molecular complexity index is 589. The Kier molecular flexibility index (Phi) is 5.63. The largest absolute Gasteiger partial charge is 0.299 e. The Morgan fingerprint density at radius 3 is 2.45 bits per heavy atom. The highest BCUT2D eigenvalue weighted by molar-refractivity contribution is 7.89. The molecule has 1 saturated heterocycles. The quantitative estimate of drug-likeness (QED) is 0.793. The molecule has 0 spiro atoms. The van der Waals surface area contributed by atoms with Crippen LogP contribution < -0.4 is 0 Å². The van der Waals surface area contributed by atoms with E-state index in [2.05, 4.69) is 30.0 Å². The van der Waals surface area contributed by atoms with Gasteiger partial charge in [0, 0.05) is 51.0 Å². The highest BCUT2D eigenvalue weighted by Gasteiger charge is 2.28. The van der Waals surface area contributed by atoms with Gasteiger partial charge in [-0.05, 0) is 33.6 Å². The van der Waals surface area contributed by atoms with Crippen molar-refractivity contribution in [3.05, 3.63) is 17.5 Å². The summed E-state index contributed by atoms with van der Waals surface area (Å²) in [5.74, 6) is 0.180. The van der Waals surface area contributed by atoms with Gasteiger partial charge in [0.25, 0.3) is 0 Å². The van der Waals surface area contributed by atoms with E-state index in [-0.39, 0.29) is 11.8 Å². The van der Waals surface area contributed by atoms with Gasteiger partial charge >= 0.3 is 0 Å². The number of hydrogen-bond acceptors (Lipinski definition) is 4. The third-order valence-electron chi connectivity index (χ3n) is 4.64. The fraction of sp³-hybridized carbons (Fsp3) is 0.800. The Hall–Kier alpha value is -0.920. The first kappa shape index (κ1) is 17.4. The molecular weight excluding hydrogens is 300 g/mol. The standard InChI is InChI=1S/C15H28N4O2S/c1-5-19-12-14(13(3)16-19)11-18-9-7-15(8-10-18)17(4)22(20,21)6-2/h12,15H,5-11H2,1-4H3. The van der Waals surface area contributed by atoms with Gasteiger partial charge in [-0.2, -0.15) is 5.10 Å². The van der Waals surface area contributed by atoms with E-state index in [4.69, 9.17) is 0 Å². The zero-order valence-electron chi connectivity index (χ0n) is 14.1. The normalized spacial score (nSPS) is 18.2. The van der Waals surface area contributed by atoms with Gasteiger partial charge in [0.1, 0.15) is 0 Å². The van der Waals surface area contributed by atoms with Gasteiger partial charge in [0.2, 0.25) is 10.0 Å². The van der Waals surface area contributed by atoms with E-state index in [0.29, 0.717) is 0 Å². The van der Waals surface area contributed by atoms with Gasteiger partial charge < -0.3 is 0 Å². The second kappa shape index (κ2) is 7.10. The molecule has 126 valence electrons. The van der Waals surface area contributed by atoms with Crippen LogP contribution in [0, 0.1) is 6.92 Å². The molecule has 1 aliphatic rings. The second-order valence-corrected chi connectivity index (χ2v) is 8.34. The van der Waals surface area contributed by atoms with Crippen LogP contribution in [-0.4, -0.2) is 59.3 Å². The van der Waals surface area contributed by atoms with Crippen molar-refractivity contribution in [1.29, 1.82) is 0 Å². The number of sulfonamides is 1. The summed E-state index contributed by atoms with van der Waals surface area (Å²) in [6.45, 7) is 9.51. The van der Waals surface area contributed by atoms with E-state index in [1.807, 2.05) is 4.68 Å². The van der Waals surface area contributed by atoms with E-state index in [0.717, 1.165) is 44.7 Å². The number of hydrogen-bond donors (Lipinski definition) is 0. The number of aryl methyl sites for hydroxylation is 2. The van der Waals surface area contributed by atoms with Crippen LogP contribution in [-0.2, 0) is 23.1 Å². The van der Waals surface area contributed by atoms with Crippen LogP contribution in [0.25, 0.3) is 0 Å². The molecule has 0 N–H and O–H groups in total. The SMILES string of the molecule is CCn1cc(CN2CCC(N(C)S(=O)(=O)CC)CC2)c(C)n1. The minimum atomic E-state index is -3.08. The number of piperidine rings is 1. The third kappa shape index (κ3) is 3.88. The number of likely N-dealkylation sites (tertiary alicyclic amines) is 1. The van der Waals surface area contributed by atoms with E-state index in [1.54, 1.807) is 18.3 Å². The van der Waals surface area contributed by atoms with Gasteiger partial charge in [0.05, 0.1) is 11.4 Å². The molecule has 1 aromatic rings. The lowest BCUT2D eigenvalue weighted by atomic mass is 10.0. The number of nitrogens with zero attached hydrogens (tertiary/aromatic N) is 4. The lowest BCUT2D eigenvalue weighted by Gasteiger charge is -2.36. The highest BCUT2D eigenvalue weighted by atomic mass is 32.2. The monoisotopic (exact) mass is 328 g/mol. The van der Waals surface area contributed by atoms with Gasteiger partial charge in [-0.1, -0.05) is 0 Å². The topological polar surface area (TPSA) is 58.4 Å². The zero-order chi connectivity index (χ0) is 16.3. The lowest BCUT2D eigenvalue weighted by molar-refractivity contribution is 0.163. The fourth-order valence-electron chi connectivity index (χ4n) is 2.99. The molecule has 0 saturated carbocycles. The average molecular weight is 328 g/mol. The first-order valence-electron chi connectivity index (χ1n) is 8.08. The van der Waals surface area contributed by atoms with E-state index < -0.39 is 10.0 Å². The molecule has 2 heterocycles. The molecule has 1 aromatic heterocycles. The van der Waals surface area contributed by atoms with Crippen molar-refractivity contribution in [3.63, 3.8) is 0 Å². The van der Waals surface area contributed by atoms with Crippen LogP contribution in [0.1, 0.15) is 37.9 Å². The average Bonchev–Trinajstić information content (AvgIpc) is 2.87. The molecule has 0 atom stereocenters. The van der Waals surface area contributed by atoms with Crippen molar-refractivity contribution in [3.8, 4) is 0 Å². The van der Waals surface area contributed by atoms with Crippen molar-refractivity contribution in [2.24, 2.45) is 0 Å². The fourth-order valence-corrected chi connectivity index (χ4v) is 4.06. The molecule has 0 aromatic carbocycles. The minimum Gasteiger partial charge on any atom is -0.299 e. The maximum atomic E-state index is 12.0. The minimum absolute atomic E-state index is 0.140. The summed E-state index contributed by atoms with van der Waals surface area (Å²) in [5.41, 5.74) is 2.37. The van der Waals surface area contributed by atoms with E-state index >= 15 is 0 Å². The van der Waals surface area contributed by atoms with Crippen LogP contribution in [0.4, 0.5) is 0 Å². The second-order valence-electron chi connectivity index (χ2n) is 6.02. The van der Waals surface area contributed by atoms with Gasteiger partial charge in [-0.3, -0.25) is 9.58 Å². The van der Waals surface area contributed by atoms with Crippen LogP contribution in [0.15, 0.2) is 6.20 Å². The Labute approximate surface area is 134 Å². The molecule has 7 heteroatoms. The van der Waals surface area contributed by atoms with Gasteiger partial charge in [-0.15, -0.1) is 0 Å². The molecule has 0 unspecified atom stereocenters. The van der Waals surface area contributed by atoms with E-state index in [9.17, 15) is 8.42 Å². The van der Waals surface area contributed by atoms with Crippen molar-refractivity contribution in [2.45, 2.75) is 52.7 Å². The zero-order valence-corrected chi connectivity index (χ0v) is 14.9. The number of aromatic nitrogens is 2. The molecule has 2 rings (SSSR count). The predicted octanol–water partition coefficient (Wildman–Crippen LogP) is 1.46. The number of rotatable bonds is 6. The first-order chi connectivity index (χ1) is 10.4. The van der Waals surface area contributed by atoms with Crippen molar-refractivity contribution < 1.29 is 8.42 Å². The molecular formula is C15H28N4O2S. The molecule has 0 aliphatic carbocycles. The first-order valence-corrected chi connectivity index (χ1v) is 9.69. The van der Waals surface area contributed by atoms with Crippen LogP contribution in [0.2, 0.25) is 0 Å². The summed E-state index contributed by atoms with van der Waals surface area (Å²) in [7, 11) is -1.36. The summed E-state index contributed by atoms with van der Waals surface area (Å²) in [6, 6.07) is 0.140. The maximum absolute atomic E-state index is 12.0. The predicted molar refractivity (Wildman–Crippen MR) is 88.2 cm³/mol. The molecule has 1 aliphatic heterocycles.